The highest BCUT2D eigenvalue weighted by Crippen LogP contribution is 2.30. The molecule has 10 nitrogen and oxygen atoms in total. The number of esters is 1. The third-order valence-corrected chi connectivity index (χ3v) is 4.64. The van der Waals surface area contributed by atoms with E-state index in [0.29, 0.717) is 36.6 Å². The lowest BCUT2D eigenvalue weighted by atomic mass is 10.3. The van der Waals surface area contributed by atoms with Gasteiger partial charge in [0.15, 0.2) is 11.0 Å². The highest BCUT2D eigenvalue weighted by atomic mass is 32.2. The molecule has 1 N–H and O–H groups in total. The topological polar surface area (TPSA) is 113 Å². The molecule has 154 valence electrons. The number of aryl methyl sites for hydroxylation is 1. The van der Waals surface area contributed by atoms with Gasteiger partial charge in [-0.05, 0) is 27.7 Å². The minimum Gasteiger partial charge on any atom is -0.476 e. The molecule has 0 spiro atoms. The molecule has 0 aliphatic rings. The predicted molar refractivity (Wildman–Crippen MR) is 104 cm³/mol. The van der Waals surface area contributed by atoms with Crippen molar-refractivity contribution in [2.75, 3.05) is 25.5 Å². The van der Waals surface area contributed by atoms with Gasteiger partial charge in [-0.1, -0.05) is 11.8 Å². The standard InChI is InChI=1S/C17H26N6O4S/c1-5-22-10-12(16(21-22)27-8-4)15-19-20-17(23(15)6-2)28-11-13(24)18-9-14(25)26-7-3/h10H,5-9,11H2,1-4H3,(H,18,24). The molecule has 28 heavy (non-hydrogen) atoms. The summed E-state index contributed by atoms with van der Waals surface area (Å²) in [5, 5.41) is 16.0. The molecule has 0 fully saturated rings. The molecule has 2 rings (SSSR count). The molecule has 0 atom stereocenters. The van der Waals surface area contributed by atoms with Crippen LogP contribution in [0.2, 0.25) is 0 Å². The molecular weight excluding hydrogens is 384 g/mol. The Balaban J connectivity index is 2.09. The zero-order chi connectivity index (χ0) is 20.5. The van der Waals surface area contributed by atoms with Gasteiger partial charge in [0, 0.05) is 19.3 Å². The molecule has 1 amide bonds. The van der Waals surface area contributed by atoms with Crippen LogP contribution in [-0.2, 0) is 27.4 Å². The number of carbonyl (C=O) groups is 2. The molecule has 2 aromatic heterocycles. The number of carbonyl (C=O) groups excluding carboxylic acids is 2. The second kappa shape index (κ2) is 10.7. The van der Waals surface area contributed by atoms with Crippen LogP contribution in [0.5, 0.6) is 5.88 Å². The Morgan fingerprint density at radius 2 is 1.93 bits per heavy atom. The number of hydrogen-bond donors (Lipinski definition) is 1. The second-order valence-corrected chi connectivity index (χ2v) is 6.50. The molecule has 0 saturated carbocycles. The van der Waals surface area contributed by atoms with Crippen molar-refractivity contribution in [3.63, 3.8) is 0 Å². The second-order valence-electron chi connectivity index (χ2n) is 5.56. The van der Waals surface area contributed by atoms with E-state index in [1.54, 1.807) is 11.6 Å². The van der Waals surface area contributed by atoms with Gasteiger partial charge in [0.25, 0.3) is 0 Å². The minimum absolute atomic E-state index is 0.115. The first-order valence-electron chi connectivity index (χ1n) is 9.22. The molecule has 2 aromatic rings. The average molecular weight is 411 g/mol. The number of nitrogens with zero attached hydrogens (tertiary/aromatic N) is 5. The van der Waals surface area contributed by atoms with Crippen LogP contribution >= 0.6 is 11.8 Å². The SMILES string of the molecule is CCOC(=O)CNC(=O)CSc1nnc(-c2cn(CC)nc2OCC)n1CC. The van der Waals surface area contributed by atoms with Crippen LogP contribution < -0.4 is 10.1 Å². The van der Waals surface area contributed by atoms with Gasteiger partial charge in [-0.25, -0.2) is 0 Å². The molecule has 2 heterocycles. The maximum Gasteiger partial charge on any atom is 0.325 e. The van der Waals surface area contributed by atoms with Gasteiger partial charge in [0.1, 0.15) is 12.1 Å². The summed E-state index contributed by atoms with van der Waals surface area (Å²) in [4.78, 5) is 23.3. The van der Waals surface area contributed by atoms with Gasteiger partial charge in [-0.3, -0.25) is 14.3 Å². The Hall–Kier alpha value is -2.56. The predicted octanol–water partition coefficient (Wildman–Crippen LogP) is 1.35. The number of hydrogen-bond acceptors (Lipinski definition) is 8. The number of thioether (sulfide) groups is 1. The summed E-state index contributed by atoms with van der Waals surface area (Å²) in [6.45, 7) is 9.55. The smallest absolute Gasteiger partial charge is 0.325 e. The molecule has 0 saturated heterocycles. The first kappa shape index (κ1) is 21.7. The Morgan fingerprint density at radius 3 is 2.57 bits per heavy atom. The Morgan fingerprint density at radius 1 is 1.14 bits per heavy atom. The number of amides is 1. The normalized spacial score (nSPS) is 10.7. The summed E-state index contributed by atoms with van der Waals surface area (Å²) in [7, 11) is 0. The third-order valence-electron chi connectivity index (χ3n) is 3.67. The van der Waals surface area contributed by atoms with Crippen molar-refractivity contribution < 1.29 is 19.1 Å². The molecular formula is C17H26N6O4S. The van der Waals surface area contributed by atoms with Crippen molar-refractivity contribution in [1.29, 1.82) is 0 Å². The molecule has 0 aliphatic carbocycles. The van der Waals surface area contributed by atoms with Crippen molar-refractivity contribution in [1.82, 2.24) is 29.9 Å². The van der Waals surface area contributed by atoms with E-state index < -0.39 is 5.97 Å². The van der Waals surface area contributed by atoms with Crippen LogP contribution in [0, 0.1) is 0 Å². The van der Waals surface area contributed by atoms with E-state index in [0.717, 1.165) is 5.56 Å². The van der Waals surface area contributed by atoms with Gasteiger partial charge < -0.3 is 19.4 Å². The number of ether oxygens (including phenoxy) is 2. The van der Waals surface area contributed by atoms with E-state index in [1.165, 1.54) is 11.8 Å². The lowest BCUT2D eigenvalue weighted by Crippen LogP contribution is -2.31. The zero-order valence-corrected chi connectivity index (χ0v) is 17.4. The maximum absolute atomic E-state index is 12.0. The summed E-state index contributed by atoms with van der Waals surface area (Å²) in [6.07, 6.45) is 1.88. The van der Waals surface area contributed by atoms with Crippen molar-refractivity contribution in [3.05, 3.63) is 6.20 Å². The van der Waals surface area contributed by atoms with E-state index in [-0.39, 0.29) is 24.8 Å². The first-order valence-corrected chi connectivity index (χ1v) is 10.2. The summed E-state index contributed by atoms with van der Waals surface area (Å²) < 4.78 is 14.1. The van der Waals surface area contributed by atoms with E-state index >= 15 is 0 Å². The fourth-order valence-corrected chi connectivity index (χ4v) is 3.24. The van der Waals surface area contributed by atoms with Crippen molar-refractivity contribution in [2.45, 2.75) is 45.9 Å². The molecule has 0 bridgehead atoms. The fourth-order valence-electron chi connectivity index (χ4n) is 2.41. The van der Waals surface area contributed by atoms with E-state index in [1.807, 2.05) is 31.5 Å². The molecule has 0 radical (unpaired) electrons. The van der Waals surface area contributed by atoms with Crippen LogP contribution in [-0.4, -0.2) is 61.9 Å². The van der Waals surface area contributed by atoms with Gasteiger partial charge in [-0.15, -0.1) is 15.3 Å². The Kier molecular flexibility index (Phi) is 8.30. The Labute approximate surface area is 168 Å². The van der Waals surface area contributed by atoms with Crippen LogP contribution in [0.15, 0.2) is 11.4 Å². The Bertz CT molecular complexity index is 804. The van der Waals surface area contributed by atoms with Gasteiger partial charge in [-0.2, -0.15) is 0 Å². The molecule has 0 unspecified atom stereocenters. The first-order chi connectivity index (χ1) is 13.5. The monoisotopic (exact) mass is 410 g/mol. The van der Waals surface area contributed by atoms with E-state index in [9.17, 15) is 9.59 Å². The van der Waals surface area contributed by atoms with Gasteiger partial charge in [0.05, 0.1) is 19.0 Å². The average Bonchev–Trinajstić information content (AvgIpc) is 3.28. The zero-order valence-electron chi connectivity index (χ0n) is 16.6. The van der Waals surface area contributed by atoms with E-state index in [4.69, 9.17) is 9.47 Å². The summed E-state index contributed by atoms with van der Waals surface area (Å²) in [6, 6.07) is 0. The largest absolute Gasteiger partial charge is 0.476 e. The van der Waals surface area contributed by atoms with Crippen LogP contribution in [0.1, 0.15) is 27.7 Å². The summed E-state index contributed by atoms with van der Waals surface area (Å²) in [5.41, 5.74) is 0.761. The quantitative estimate of drug-likeness (QED) is 0.436. The van der Waals surface area contributed by atoms with Crippen LogP contribution in [0.25, 0.3) is 11.4 Å². The van der Waals surface area contributed by atoms with Gasteiger partial charge in [0.2, 0.25) is 11.8 Å². The number of aromatic nitrogens is 5. The van der Waals surface area contributed by atoms with Crippen molar-refractivity contribution in [3.8, 4) is 17.3 Å². The highest BCUT2D eigenvalue weighted by molar-refractivity contribution is 7.99. The summed E-state index contributed by atoms with van der Waals surface area (Å²) in [5.74, 6) is 0.523. The lowest BCUT2D eigenvalue weighted by molar-refractivity contribution is -0.143. The summed E-state index contributed by atoms with van der Waals surface area (Å²) >= 11 is 1.25. The van der Waals surface area contributed by atoms with Crippen LogP contribution in [0.4, 0.5) is 0 Å². The van der Waals surface area contributed by atoms with Crippen LogP contribution in [0.3, 0.4) is 0 Å². The minimum atomic E-state index is -0.462. The maximum atomic E-state index is 12.0. The highest BCUT2D eigenvalue weighted by Gasteiger charge is 2.20. The molecule has 0 aliphatic heterocycles. The van der Waals surface area contributed by atoms with Crippen molar-refractivity contribution >= 4 is 23.6 Å². The number of nitrogens with one attached hydrogen (secondary N) is 1. The van der Waals surface area contributed by atoms with E-state index in [2.05, 4.69) is 20.6 Å². The number of rotatable bonds is 11. The third kappa shape index (κ3) is 5.47. The fraction of sp³-hybridized carbons (Fsp3) is 0.588. The molecule has 11 heteroatoms. The van der Waals surface area contributed by atoms with Crippen molar-refractivity contribution in [2.24, 2.45) is 0 Å². The molecule has 0 aromatic carbocycles. The van der Waals surface area contributed by atoms with Gasteiger partial charge >= 0.3 is 5.97 Å². The lowest BCUT2D eigenvalue weighted by Gasteiger charge is -2.08.